The molecule has 2 heterocycles. The van der Waals surface area contributed by atoms with Crippen molar-refractivity contribution in [3.8, 4) is 5.75 Å². The highest BCUT2D eigenvalue weighted by Gasteiger charge is 2.16. The number of aromatic nitrogens is 2. The average Bonchev–Trinajstić information content (AvgIpc) is 3.28. The Hall–Kier alpha value is -2.31. The summed E-state index contributed by atoms with van der Waals surface area (Å²) in [5.41, 5.74) is 1.98. The summed E-state index contributed by atoms with van der Waals surface area (Å²) >= 11 is 7.38. The molecule has 0 spiro atoms. The number of carbonyl (C=O) groups excluding carboxylic acids is 1. The zero-order valence-corrected chi connectivity index (χ0v) is 16.3. The third kappa shape index (κ3) is 4.45. The maximum absolute atomic E-state index is 12.7. The topological polar surface area (TPSA) is 47.4 Å². The molecule has 5 nitrogen and oxygen atoms in total. The van der Waals surface area contributed by atoms with E-state index in [0.29, 0.717) is 28.8 Å². The van der Waals surface area contributed by atoms with Gasteiger partial charge in [-0.3, -0.25) is 9.48 Å². The fourth-order valence-corrected chi connectivity index (χ4v) is 3.64. The third-order valence-electron chi connectivity index (χ3n) is 3.92. The van der Waals surface area contributed by atoms with E-state index in [1.807, 2.05) is 41.3 Å². The highest BCUT2D eigenvalue weighted by Crippen LogP contribution is 2.21. The van der Waals surface area contributed by atoms with E-state index in [-0.39, 0.29) is 5.91 Å². The summed E-state index contributed by atoms with van der Waals surface area (Å²) in [6.45, 7) is 3.74. The summed E-state index contributed by atoms with van der Waals surface area (Å²) in [4.78, 5) is 15.1. The molecule has 0 aliphatic heterocycles. The quantitative estimate of drug-likeness (QED) is 0.599. The predicted molar refractivity (Wildman–Crippen MR) is 104 cm³/mol. The lowest BCUT2D eigenvalue weighted by Gasteiger charge is -2.16. The summed E-state index contributed by atoms with van der Waals surface area (Å²) in [7, 11) is 1.80. The van der Waals surface area contributed by atoms with Crippen LogP contribution < -0.4 is 4.74 Å². The van der Waals surface area contributed by atoms with Gasteiger partial charge in [0.15, 0.2) is 0 Å². The normalized spacial score (nSPS) is 10.7. The Morgan fingerprint density at radius 1 is 1.35 bits per heavy atom. The number of ether oxygens (including phenoxy) is 1. The molecule has 0 aliphatic rings. The minimum atomic E-state index is -0.00661. The molecule has 0 aliphatic carbocycles. The Kier molecular flexibility index (Phi) is 5.96. The van der Waals surface area contributed by atoms with Crippen molar-refractivity contribution in [1.82, 2.24) is 14.7 Å². The number of aryl methyl sites for hydroxylation is 1. The molecule has 0 N–H and O–H groups in total. The van der Waals surface area contributed by atoms with Gasteiger partial charge < -0.3 is 9.64 Å². The molecular weight excluding hydrogens is 370 g/mol. The number of halogens is 1. The van der Waals surface area contributed by atoms with E-state index in [1.165, 1.54) is 11.3 Å². The zero-order valence-electron chi connectivity index (χ0n) is 14.7. The van der Waals surface area contributed by atoms with Gasteiger partial charge >= 0.3 is 0 Å². The summed E-state index contributed by atoms with van der Waals surface area (Å²) < 4.78 is 7.62. The minimum Gasteiger partial charge on any atom is -0.489 e. The highest BCUT2D eigenvalue weighted by atomic mass is 35.5. The van der Waals surface area contributed by atoms with E-state index in [0.717, 1.165) is 17.8 Å². The summed E-state index contributed by atoms with van der Waals surface area (Å²) in [6, 6.07) is 11.1. The third-order valence-corrected chi connectivity index (χ3v) is 5.12. The summed E-state index contributed by atoms with van der Waals surface area (Å²) in [5, 5.41) is 6.82. The Balaban J connectivity index is 1.60. The molecule has 0 fully saturated rings. The number of amides is 1. The van der Waals surface area contributed by atoms with Gasteiger partial charge in [-0.05, 0) is 42.6 Å². The van der Waals surface area contributed by atoms with Crippen LogP contribution in [0.4, 0.5) is 0 Å². The van der Waals surface area contributed by atoms with Gasteiger partial charge in [-0.2, -0.15) is 5.10 Å². The molecule has 26 heavy (non-hydrogen) atoms. The van der Waals surface area contributed by atoms with Crippen molar-refractivity contribution in [2.45, 2.75) is 26.6 Å². The van der Waals surface area contributed by atoms with E-state index in [4.69, 9.17) is 16.3 Å². The predicted octanol–water partition coefficient (Wildman–Crippen LogP) is 4.47. The van der Waals surface area contributed by atoms with Gasteiger partial charge in [-0.15, -0.1) is 11.3 Å². The SMILES string of the molecule is CCn1nccc1CN(C)C(=O)c1cc(COc2cccc(Cl)c2)cs1. The first kappa shape index (κ1) is 18.5. The van der Waals surface area contributed by atoms with Crippen LogP contribution >= 0.6 is 22.9 Å². The monoisotopic (exact) mass is 389 g/mol. The van der Waals surface area contributed by atoms with Crippen molar-refractivity contribution in [2.24, 2.45) is 0 Å². The molecule has 0 atom stereocenters. The number of benzene rings is 1. The number of nitrogens with zero attached hydrogens (tertiary/aromatic N) is 3. The highest BCUT2D eigenvalue weighted by molar-refractivity contribution is 7.12. The van der Waals surface area contributed by atoms with E-state index in [1.54, 1.807) is 30.3 Å². The summed E-state index contributed by atoms with van der Waals surface area (Å²) in [6.07, 6.45) is 1.76. The van der Waals surface area contributed by atoms with Crippen LogP contribution in [0, 0.1) is 0 Å². The van der Waals surface area contributed by atoms with Crippen molar-refractivity contribution in [3.05, 3.63) is 69.1 Å². The summed E-state index contributed by atoms with van der Waals surface area (Å²) in [5.74, 6) is 0.703. The second-order valence-corrected chi connectivity index (χ2v) is 7.21. The van der Waals surface area contributed by atoms with E-state index >= 15 is 0 Å². The Morgan fingerprint density at radius 3 is 2.96 bits per heavy atom. The Bertz CT molecular complexity index is 890. The van der Waals surface area contributed by atoms with E-state index < -0.39 is 0 Å². The molecule has 1 aromatic carbocycles. The Labute approximate surface area is 161 Å². The van der Waals surface area contributed by atoms with Crippen molar-refractivity contribution < 1.29 is 9.53 Å². The molecule has 3 rings (SSSR count). The van der Waals surface area contributed by atoms with Crippen LogP contribution in [-0.4, -0.2) is 27.6 Å². The molecular formula is C19H20ClN3O2S. The van der Waals surface area contributed by atoms with Crippen LogP contribution in [-0.2, 0) is 19.7 Å². The molecule has 3 aromatic rings. The molecule has 1 amide bonds. The fraction of sp³-hybridized carbons (Fsp3) is 0.263. The molecule has 0 bridgehead atoms. The van der Waals surface area contributed by atoms with Crippen LogP contribution in [0.1, 0.15) is 27.9 Å². The molecule has 0 saturated heterocycles. The van der Waals surface area contributed by atoms with Gasteiger partial charge in [-0.1, -0.05) is 17.7 Å². The van der Waals surface area contributed by atoms with Crippen LogP contribution in [0.3, 0.4) is 0 Å². The van der Waals surface area contributed by atoms with Crippen molar-refractivity contribution in [3.63, 3.8) is 0 Å². The molecule has 0 saturated carbocycles. The molecule has 136 valence electrons. The lowest BCUT2D eigenvalue weighted by Crippen LogP contribution is -2.26. The smallest absolute Gasteiger partial charge is 0.264 e. The van der Waals surface area contributed by atoms with Crippen LogP contribution in [0.15, 0.2) is 48.0 Å². The number of carbonyl (C=O) groups is 1. The zero-order chi connectivity index (χ0) is 18.5. The van der Waals surface area contributed by atoms with Gasteiger partial charge in [0.1, 0.15) is 12.4 Å². The van der Waals surface area contributed by atoms with E-state index in [9.17, 15) is 4.79 Å². The molecule has 7 heteroatoms. The first-order valence-corrected chi connectivity index (χ1v) is 9.54. The second-order valence-electron chi connectivity index (χ2n) is 5.86. The lowest BCUT2D eigenvalue weighted by atomic mass is 10.3. The average molecular weight is 390 g/mol. The number of thiophene rings is 1. The number of rotatable bonds is 7. The minimum absolute atomic E-state index is 0.00661. The van der Waals surface area contributed by atoms with Crippen molar-refractivity contribution in [2.75, 3.05) is 7.05 Å². The number of hydrogen-bond donors (Lipinski definition) is 0. The van der Waals surface area contributed by atoms with Crippen LogP contribution in [0.25, 0.3) is 0 Å². The van der Waals surface area contributed by atoms with Crippen LogP contribution in [0.2, 0.25) is 5.02 Å². The van der Waals surface area contributed by atoms with E-state index in [2.05, 4.69) is 5.10 Å². The molecule has 0 unspecified atom stereocenters. The molecule has 0 radical (unpaired) electrons. The van der Waals surface area contributed by atoms with Gasteiger partial charge in [0.2, 0.25) is 0 Å². The van der Waals surface area contributed by atoms with Gasteiger partial charge in [0.05, 0.1) is 17.1 Å². The standard InChI is InChI=1S/C19H20ClN3O2S/c1-3-23-16(7-8-21-23)11-22(2)19(24)18-9-14(13-26-18)12-25-17-6-4-5-15(20)10-17/h4-10,13H,3,11-12H2,1-2H3. The van der Waals surface area contributed by atoms with Gasteiger partial charge in [0, 0.05) is 30.4 Å². The van der Waals surface area contributed by atoms with Crippen molar-refractivity contribution in [1.29, 1.82) is 0 Å². The van der Waals surface area contributed by atoms with Crippen molar-refractivity contribution >= 4 is 28.8 Å². The van der Waals surface area contributed by atoms with Gasteiger partial charge in [0.25, 0.3) is 5.91 Å². The largest absolute Gasteiger partial charge is 0.489 e. The second kappa shape index (κ2) is 8.38. The first-order chi connectivity index (χ1) is 12.6. The number of hydrogen-bond acceptors (Lipinski definition) is 4. The Morgan fingerprint density at radius 2 is 2.19 bits per heavy atom. The van der Waals surface area contributed by atoms with Crippen LogP contribution in [0.5, 0.6) is 5.75 Å². The first-order valence-electron chi connectivity index (χ1n) is 8.28. The lowest BCUT2D eigenvalue weighted by molar-refractivity contribution is 0.0786. The van der Waals surface area contributed by atoms with Gasteiger partial charge in [-0.25, -0.2) is 0 Å². The maximum Gasteiger partial charge on any atom is 0.264 e. The molecule has 2 aromatic heterocycles. The fourth-order valence-electron chi connectivity index (χ4n) is 2.57. The maximum atomic E-state index is 12.7.